The summed E-state index contributed by atoms with van der Waals surface area (Å²) in [5.74, 6) is 1.06. The van der Waals surface area contributed by atoms with Crippen LogP contribution in [0.2, 0.25) is 0 Å². The number of hydrogen-bond acceptors (Lipinski definition) is 3. The first-order valence-corrected chi connectivity index (χ1v) is 4.75. The zero-order valence-corrected chi connectivity index (χ0v) is 7.86. The van der Waals surface area contributed by atoms with Gasteiger partial charge in [0.1, 0.15) is 5.82 Å². The molecule has 0 radical (unpaired) electrons. The molecule has 1 saturated carbocycles. The Kier molecular flexibility index (Phi) is 2.35. The monoisotopic (exact) mass is 191 g/mol. The van der Waals surface area contributed by atoms with Crippen LogP contribution in [0.1, 0.15) is 23.2 Å². The maximum atomic E-state index is 11.5. The molecule has 0 aliphatic heterocycles. The van der Waals surface area contributed by atoms with Gasteiger partial charge in [-0.05, 0) is 30.9 Å². The molecule has 0 spiro atoms. The third-order valence-electron chi connectivity index (χ3n) is 2.30. The summed E-state index contributed by atoms with van der Waals surface area (Å²) in [4.78, 5) is 15.4. The van der Waals surface area contributed by atoms with Gasteiger partial charge in [-0.3, -0.25) is 4.79 Å². The summed E-state index contributed by atoms with van der Waals surface area (Å²) >= 11 is 0. The largest absolute Gasteiger partial charge is 0.384 e. The Labute approximate surface area is 82.5 Å². The molecule has 2 rings (SSSR count). The number of carbonyl (C=O) groups excluding carboxylic acids is 1. The summed E-state index contributed by atoms with van der Waals surface area (Å²) in [5, 5.41) is 2.86. The molecule has 3 N–H and O–H groups in total. The van der Waals surface area contributed by atoms with Crippen molar-refractivity contribution in [3.8, 4) is 0 Å². The van der Waals surface area contributed by atoms with Crippen LogP contribution < -0.4 is 11.1 Å². The molecule has 1 fully saturated rings. The lowest BCUT2D eigenvalue weighted by molar-refractivity contribution is 0.0951. The van der Waals surface area contributed by atoms with Crippen molar-refractivity contribution in [2.24, 2.45) is 5.92 Å². The van der Waals surface area contributed by atoms with Crippen molar-refractivity contribution in [3.05, 3.63) is 23.9 Å². The maximum Gasteiger partial charge on any atom is 0.252 e. The highest BCUT2D eigenvalue weighted by molar-refractivity contribution is 5.94. The Hall–Kier alpha value is -1.58. The van der Waals surface area contributed by atoms with Crippen LogP contribution in [0.15, 0.2) is 18.3 Å². The van der Waals surface area contributed by atoms with Crippen LogP contribution in [0.4, 0.5) is 5.82 Å². The number of anilines is 1. The molecule has 0 unspecified atom stereocenters. The lowest BCUT2D eigenvalue weighted by Crippen LogP contribution is -2.25. The van der Waals surface area contributed by atoms with E-state index < -0.39 is 0 Å². The number of rotatable bonds is 3. The fraction of sp³-hybridized carbons (Fsp3) is 0.400. The second-order valence-electron chi connectivity index (χ2n) is 3.63. The summed E-state index contributed by atoms with van der Waals surface area (Å²) in [7, 11) is 0. The zero-order chi connectivity index (χ0) is 9.97. The fourth-order valence-electron chi connectivity index (χ4n) is 1.20. The lowest BCUT2D eigenvalue weighted by Gasteiger charge is -2.03. The van der Waals surface area contributed by atoms with Gasteiger partial charge in [0.05, 0.1) is 5.56 Å². The highest BCUT2D eigenvalue weighted by Crippen LogP contribution is 2.27. The number of nitrogen functional groups attached to an aromatic ring is 1. The smallest absolute Gasteiger partial charge is 0.252 e. The minimum Gasteiger partial charge on any atom is -0.384 e. The maximum absolute atomic E-state index is 11.5. The Morgan fingerprint density at radius 2 is 2.36 bits per heavy atom. The predicted octanol–water partition coefficient (Wildman–Crippen LogP) is 0.804. The summed E-state index contributed by atoms with van der Waals surface area (Å²) < 4.78 is 0. The van der Waals surface area contributed by atoms with E-state index in [2.05, 4.69) is 10.3 Å². The summed E-state index contributed by atoms with van der Waals surface area (Å²) in [6.07, 6.45) is 3.97. The van der Waals surface area contributed by atoms with Crippen molar-refractivity contribution >= 4 is 11.7 Å². The molecule has 74 valence electrons. The Balaban J connectivity index is 1.92. The van der Waals surface area contributed by atoms with Crippen molar-refractivity contribution in [2.75, 3.05) is 12.3 Å². The van der Waals surface area contributed by atoms with E-state index >= 15 is 0 Å². The number of pyridine rings is 1. The van der Waals surface area contributed by atoms with Gasteiger partial charge in [-0.25, -0.2) is 4.98 Å². The summed E-state index contributed by atoms with van der Waals surface area (Å²) in [6.45, 7) is 0.781. The molecular weight excluding hydrogens is 178 g/mol. The van der Waals surface area contributed by atoms with Gasteiger partial charge in [0.15, 0.2) is 0 Å². The summed E-state index contributed by atoms with van der Waals surface area (Å²) in [6, 6.07) is 3.32. The normalized spacial score (nSPS) is 15.1. The minimum absolute atomic E-state index is 0.0654. The van der Waals surface area contributed by atoms with Crippen LogP contribution in [0.3, 0.4) is 0 Å². The number of nitrogens with two attached hydrogens (primary N) is 1. The van der Waals surface area contributed by atoms with Crippen LogP contribution in [0.25, 0.3) is 0 Å². The first kappa shape index (κ1) is 8.99. The van der Waals surface area contributed by atoms with Crippen LogP contribution in [0, 0.1) is 5.92 Å². The topological polar surface area (TPSA) is 68.0 Å². The number of nitrogens with one attached hydrogen (secondary N) is 1. The Morgan fingerprint density at radius 3 is 2.93 bits per heavy atom. The standard InChI is InChI=1S/C10H13N3O/c11-9-4-3-8(6-12-9)10(14)13-5-7-1-2-7/h3-4,6-7H,1-2,5H2,(H2,11,12)(H,13,14). The van der Waals surface area contributed by atoms with Crippen molar-refractivity contribution in [3.63, 3.8) is 0 Å². The molecule has 1 aromatic rings. The van der Waals surface area contributed by atoms with Gasteiger partial charge in [0.2, 0.25) is 0 Å². The molecule has 1 aliphatic carbocycles. The Bertz CT molecular complexity index is 330. The summed E-state index contributed by atoms with van der Waals surface area (Å²) in [5.41, 5.74) is 5.99. The second kappa shape index (κ2) is 3.65. The molecule has 0 atom stereocenters. The van der Waals surface area contributed by atoms with Crippen LogP contribution >= 0.6 is 0 Å². The molecule has 0 saturated heterocycles. The minimum atomic E-state index is -0.0654. The highest BCUT2D eigenvalue weighted by Gasteiger charge is 2.21. The fourth-order valence-corrected chi connectivity index (χ4v) is 1.20. The molecule has 1 aromatic heterocycles. The third-order valence-corrected chi connectivity index (χ3v) is 2.30. The molecular formula is C10H13N3O. The van der Waals surface area contributed by atoms with Gasteiger partial charge in [-0.15, -0.1) is 0 Å². The van der Waals surface area contributed by atoms with E-state index in [1.54, 1.807) is 12.1 Å². The van der Waals surface area contributed by atoms with Crippen molar-refractivity contribution < 1.29 is 4.79 Å². The molecule has 1 heterocycles. The highest BCUT2D eigenvalue weighted by atomic mass is 16.1. The lowest BCUT2D eigenvalue weighted by atomic mass is 10.2. The van der Waals surface area contributed by atoms with Crippen LogP contribution in [-0.2, 0) is 0 Å². The van der Waals surface area contributed by atoms with Crippen molar-refractivity contribution in [2.45, 2.75) is 12.8 Å². The number of amides is 1. The molecule has 0 aromatic carbocycles. The number of aromatic nitrogens is 1. The van der Waals surface area contributed by atoms with Crippen molar-refractivity contribution in [1.82, 2.24) is 10.3 Å². The Morgan fingerprint density at radius 1 is 1.57 bits per heavy atom. The number of hydrogen-bond donors (Lipinski definition) is 2. The quantitative estimate of drug-likeness (QED) is 0.742. The van der Waals surface area contributed by atoms with E-state index in [1.807, 2.05) is 0 Å². The molecule has 4 heteroatoms. The SMILES string of the molecule is Nc1ccc(C(=O)NCC2CC2)cn1. The van der Waals surface area contributed by atoms with Crippen molar-refractivity contribution in [1.29, 1.82) is 0 Å². The van der Waals surface area contributed by atoms with E-state index in [4.69, 9.17) is 5.73 Å². The molecule has 14 heavy (non-hydrogen) atoms. The predicted molar refractivity (Wildman–Crippen MR) is 53.7 cm³/mol. The van der Waals surface area contributed by atoms with Crippen LogP contribution in [0.5, 0.6) is 0 Å². The molecule has 0 bridgehead atoms. The number of carbonyl (C=O) groups is 1. The molecule has 4 nitrogen and oxygen atoms in total. The molecule has 1 aliphatic rings. The van der Waals surface area contributed by atoms with Gasteiger partial charge in [0.25, 0.3) is 5.91 Å². The van der Waals surface area contributed by atoms with E-state index in [1.165, 1.54) is 19.0 Å². The second-order valence-corrected chi connectivity index (χ2v) is 3.63. The van der Waals surface area contributed by atoms with Gasteiger partial charge < -0.3 is 11.1 Å². The van der Waals surface area contributed by atoms with Gasteiger partial charge >= 0.3 is 0 Å². The zero-order valence-electron chi connectivity index (χ0n) is 7.86. The van der Waals surface area contributed by atoms with Crippen LogP contribution in [-0.4, -0.2) is 17.4 Å². The first-order chi connectivity index (χ1) is 6.75. The third kappa shape index (κ3) is 2.22. The van der Waals surface area contributed by atoms with E-state index in [9.17, 15) is 4.79 Å². The van der Waals surface area contributed by atoms with E-state index in [0.717, 1.165) is 6.54 Å². The van der Waals surface area contributed by atoms with E-state index in [0.29, 0.717) is 17.3 Å². The van der Waals surface area contributed by atoms with E-state index in [-0.39, 0.29) is 5.91 Å². The van der Waals surface area contributed by atoms with Gasteiger partial charge in [-0.1, -0.05) is 0 Å². The number of nitrogens with zero attached hydrogens (tertiary/aromatic N) is 1. The van der Waals surface area contributed by atoms with Gasteiger partial charge in [0, 0.05) is 12.7 Å². The first-order valence-electron chi connectivity index (χ1n) is 4.75. The van der Waals surface area contributed by atoms with Gasteiger partial charge in [-0.2, -0.15) is 0 Å². The molecule has 1 amide bonds. The average molecular weight is 191 g/mol. The average Bonchev–Trinajstić information content (AvgIpc) is 2.99.